The lowest BCUT2D eigenvalue weighted by Crippen LogP contribution is -2.43. The molecule has 1 heterocycles. The van der Waals surface area contributed by atoms with Crippen LogP contribution in [-0.2, 0) is 4.79 Å². The topological polar surface area (TPSA) is 55.1 Å². The van der Waals surface area contributed by atoms with E-state index in [0.717, 1.165) is 32.4 Å². The summed E-state index contributed by atoms with van der Waals surface area (Å²) < 4.78 is 0. The minimum absolute atomic E-state index is 0.0700. The standard InChI is InChI=1S/C10H18N2O/c11-9(13)8-2-1-3-10(8)4-6-12-7-5-10/h8,12H,1-7H2,(H2,11,13). The van der Waals surface area contributed by atoms with E-state index in [1.54, 1.807) is 0 Å². The predicted molar refractivity (Wildman–Crippen MR) is 51.1 cm³/mol. The summed E-state index contributed by atoms with van der Waals surface area (Å²) in [5.74, 6) is 0.0917. The largest absolute Gasteiger partial charge is 0.369 e. The van der Waals surface area contributed by atoms with Crippen molar-refractivity contribution in [1.82, 2.24) is 5.32 Å². The van der Waals surface area contributed by atoms with Gasteiger partial charge in [0.25, 0.3) is 0 Å². The van der Waals surface area contributed by atoms with E-state index in [4.69, 9.17) is 5.73 Å². The van der Waals surface area contributed by atoms with E-state index in [9.17, 15) is 4.79 Å². The van der Waals surface area contributed by atoms with E-state index in [2.05, 4.69) is 5.32 Å². The molecule has 1 aliphatic carbocycles. The molecule has 1 spiro atoms. The summed E-state index contributed by atoms with van der Waals surface area (Å²) in [7, 11) is 0. The summed E-state index contributed by atoms with van der Waals surface area (Å²) >= 11 is 0. The van der Waals surface area contributed by atoms with Gasteiger partial charge in [-0.3, -0.25) is 4.79 Å². The highest BCUT2D eigenvalue weighted by atomic mass is 16.1. The zero-order valence-corrected chi connectivity index (χ0v) is 8.01. The van der Waals surface area contributed by atoms with Gasteiger partial charge in [0.2, 0.25) is 5.91 Å². The van der Waals surface area contributed by atoms with Gasteiger partial charge in [0.05, 0.1) is 0 Å². The number of carbonyl (C=O) groups is 1. The number of piperidine rings is 1. The van der Waals surface area contributed by atoms with E-state index >= 15 is 0 Å². The second-order valence-electron chi connectivity index (χ2n) is 4.46. The minimum Gasteiger partial charge on any atom is -0.369 e. The van der Waals surface area contributed by atoms with Crippen LogP contribution in [0.2, 0.25) is 0 Å². The van der Waals surface area contributed by atoms with Gasteiger partial charge >= 0.3 is 0 Å². The number of rotatable bonds is 1. The molecule has 13 heavy (non-hydrogen) atoms. The van der Waals surface area contributed by atoms with Crippen LogP contribution in [0.3, 0.4) is 0 Å². The second kappa shape index (κ2) is 3.29. The molecule has 3 heteroatoms. The molecule has 1 atom stereocenters. The molecule has 1 saturated carbocycles. The molecule has 0 radical (unpaired) electrons. The fraction of sp³-hybridized carbons (Fsp3) is 0.900. The van der Waals surface area contributed by atoms with Crippen LogP contribution in [0.5, 0.6) is 0 Å². The molecule has 1 saturated heterocycles. The summed E-state index contributed by atoms with van der Waals surface area (Å²) in [5.41, 5.74) is 5.72. The van der Waals surface area contributed by atoms with Crippen LogP contribution in [0, 0.1) is 11.3 Å². The van der Waals surface area contributed by atoms with Crippen molar-refractivity contribution in [3.63, 3.8) is 0 Å². The third-order valence-electron chi connectivity index (χ3n) is 3.85. The Morgan fingerprint density at radius 2 is 2.00 bits per heavy atom. The Kier molecular flexibility index (Phi) is 2.28. The molecule has 0 bridgehead atoms. The molecule has 2 aliphatic rings. The number of primary amides is 1. The second-order valence-corrected chi connectivity index (χ2v) is 4.46. The summed E-state index contributed by atoms with van der Waals surface area (Å²) in [6.07, 6.45) is 5.70. The maximum absolute atomic E-state index is 11.3. The van der Waals surface area contributed by atoms with Crippen molar-refractivity contribution in [2.75, 3.05) is 13.1 Å². The monoisotopic (exact) mass is 182 g/mol. The maximum atomic E-state index is 11.3. The lowest BCUT2D eigenvalue weighted by atomic mass is 9.71. The lowest BCUT2D eigenvalue weighted by Gasteiger charge is -2.37. The number of amides is 1. The molecule has 74 valence electrons. The van der Waals surface area contributed by atoms with Gasteiger partial charge in [-0.1, -0.05) is 6.42 Å². The fourth-order valence-electron chi connectivity index (χ4n) is 3.11. The average Bonchev–Trinajstić information content (AvgIpc) is 2.50. The number of nitrogens with two attached hydrogens (primary N) is 1. The van der Waals surface area contributed by atoms with Crippen molar-refractivity contribution in [3.05, 3.63) is 0 Å². The third-order valence-corrected chi connectivity index (χ3v) is 3.85. The van der Waals surface area contributed by atoms with Crippen molar-refractivity contribution in [1.29, 1.82) is 0 Å². The Bertz CT molecular complexity index is 209. The Labute approximate surface area is 79.1 Å². The van der Waals surface area contributed by atoms with Gasteiger partial charge < -0.3 is 11.1 Å². The van der Waals surface area contributed by atoms with Crippen LogP contribution in [-0.4, -0.2) is 19.0 Å². The lowest BCUT2D eigenvalue weighted by molar-refractivity contribution is -0.125. The number of carbonyl (C=O) groups excluding carboxylic acids is 1. The van der Waals surface area contributed by atoms with Crippen LogP contribution in [0.25, 0.3) is 0 Å². The fourth-order valence-corrected chi connectivity index (χ4v) is 3.11. The van der Waals surface area contributed by atoms with Crippen molar-refractivity contribution < 1.29 is 4.79 Å². The molecule has 1 unspecified atom stereocenters. The van der Waals surface area contributed by atoms with Crippen LogP contribution < -0.4 is 11.1 Å². The molecule has 3 N–H and O–H groups in total. The molecule has 0 aromatic heterocycles. The third kappa shape index (κ3) is 1.46. The van der Waals surface area contributed by atoms with Gasteiger partial charge in [-0.25, -0.2) is 0 Å². The first-order chi connectivity index (χ1) is 6.25. The maximum Gasteiger partial charge on any atom is 0.221 e. The molecule has 0 aromatic rings. The molecule has 0 aromatic carbocycles. The molecular weight excluding hydrogens is 164 g/mol. The molecule has 2 fully saturated rings. The van der Waals surface area contributed by atoms with Crippen molar-refractivity contribution in [2.24, 2.45) is 17.1 Å². The average molecular weight is 182 g/mol. The van der Waals surface area contributed by atoms with Crippen molar-refractivity contribution in [2.45, 2.75) is 32.1 Å². The van der Waals surface area contributed by atoms with Gasteiger partial charge in [-0.15, -0.1) is 0 Å². The first kappa shape index (κ1) is 9.00. The quantitative estimate of drug-likeness (QED) is 0.625. The molecule has 1 amide bonds. The highest BCUT2D eigenvalue weighted by molar-refractivity contribution is 5.78. The van der Waals surface area contributed by atoms with E-state index in [-0.39, 0.29) is 17.2 Å². The molecular formula is C10H18N2O. The molecule has 3 nitrogen and oxygen atoms in total. The summed E-state index contributed by atoms with van der Waals surface area (Å²) in [4.78, 5) is 11.3. The van der Waals surface area contributed by atoms with E-state index in [1.807, 2.05) is 0 Å². The van der Waals surface area contributed by atoms with Crippen LogP contribution in [0.15, 0.2) is 0 Å². The number of hydrogen-bond acceptors (Lipinski definition) is 2. The number of hydrogen-bond donors (Lipinski definition) is 2. The van der Waals surface area contributed by atoms with Gasteiger partial charge in [-0.05, 0) is 44.2 Å². The van der Waals surface area contributed by atoms with Gasteiger partial charge in [0, 0.05) is 5.92 Å². The molecule has 1 aliphatic heterocycles. The Balaban J connectivity index is 2.13. The van der Waals surface area contributed by atoms with Crippen LogP contribution in [0.1, 0.15) is 32.1 Å². The summed E-state index contributed by atoms with van der Waals surface area (Å²) in [5, 5.41) is 3.34. The van der Waals surface area contributed by atoms with Crippen molar-refractivity contribution >= 4 is 5.91 Å². The zero-order chi connectivity index (χ0) is 9.31. The van der Waals surface area contributed by atoms with Crippen molar-refractivity contribution in [3.8, 4) is 0 Å². The SMILES string of the molecule is NC(=O)C1CCCC12CCNCC2. The normalized spacial score (nSPS) is 32.2. The minimum atomic E-state index is -0.0700. The Hall–Kier alpha value is -0.570. The van der Waals surface area contributed by atoms with Gasteiger partial charge in [0.15, 0.2) is 0 Å². The zero-order valence-electron chi connectivity index (χ0n) is 8.01. The first-order valence-electron chi connectivity index (χ1n) is 5.25. The predicted octanol–water partition coefficient (Wildman–Crippen LogP) is 0.642. The Morgan fingerprint density at radius 3 is 2.62 bits per heavy atom. The number of nitrogens with one attached hydrogen (secondary N) is 1. The first-order valence-corrected chi connectivity index (χ1v) is 5.25. The smallest absolute Gasteiger partial charge is 0.221 e. The van der Waals surface area contributed by atoms with Crippen LogP contribution in [0.4, 0.5) is 0 Å². The van der Waals surface area contributed by atoms with E-state index in [0.29, 0.717) is 0 Å². The van der Waals surface area contributed by atoms with Gasteiger partial charge in [0.1, 0.15) is 0 Å². The summed E-state index contributed by atoms with van der Waals surface area (Å²) in [6.45, 7) is 2.12. The van der Waals surface area contributed by atoms with E-state index < -0.39 is 0 Å². The Morgan fingerprint density at radius 1 is 1.31 bits per heavy atom. The summed E-state index contributed by atoms with van der Waals surface area (Å²) in [6, 6.07) is 0. The highest BCUT2D eigenvalue weighted by Gasteiger charge is 2.45. The van der Waals surface area contributed by atoms with Gasteiger partial charge in [-0.2, -0.15) is 0 Å². The highest BCUT2D eigenvalue weighted by Crippen LogP contribution is 2.49. The van der Waals surface area contributed by atoms with E-state index in [1.165, 1.54) is 12.8 Å². The van der Waals surface area contributed by atoms with Crippen LogP contribution >= 0.6 is 0 Å². The molecule has 2 rings (SSSR count).